The third kappa shape index (κ3) is 3.32. The number of hydrogen-bond acceptors (Lipinski definition) is 2. The number of carbonyl (C=O) groups is 1. The maximum absolute atomic E-state index is 11.3. The molecule has 0 fully saturated rings. The lowest BCUT2D eigenvalue weighted by Gasteiger charge is -2.09. The molecular weight excluding hydrogens is 306 g/mol. The van der Waals surface area contributed by atoms with Crippen molar-refractivity contribution < 1.29 is 9.90 Å². The fourth-order valence-corrected chi connectivity index (χ4v) is 2.37. The van der Waals surface area contributed by atoms with E-state index in [1.807, 2.05) is 18.2 Å². The van der Waals surface area contributed by atoms with Crippen LogP contribution < -0.4 is 0 Å². The Morgan fingerprint density at radius 2 is 2.11 bits per heavy atom. The fourth-order valence-electron chi connectivity index (χ4n) is 1.99. The van der Waals surface area contributed by atoms with Crippen molar-refractivity contribution in [1.29, 1.82) is 0 Å². The number of carboxylic acids is 1. The Balaban J connectivity index is 2.51. The van der Waals surface area contributed by atoms with Gasteiger partial charge >= 0.3 is 5.97 Å². The molecule has 2 rings (SSSR count). The van der Waals surface area contributed by atoms with Gasteiger partial charge in [-0.05, 0) is 43.0 Å². The van der Waals surface area contributed by atoms with E-state index >= 15 is 0 Å². The van der Waals surface area contributed by atoms with Crippen LogP contribution >= 0.6 is 15.9 Å². The summed E-state index contributed by atoms with van der Waals surface area (Å²) in [6.45, 7) is 4.25. The number of aromatic nitrogens is 1. The molecule has 0 aliphatic heterocycles. The number of carboxylic acid groups (broad SMARTS) is 1. The zero-order valence-corrected chi connectivity index (χ0v) is 12.6. The number of pyridine rings is 1. The van der Waals surface area contributed by atoms with Crippen LogP contribution in [-0.2, 0) is 6.42 Å². The number of rotatable bonds is 4. The van der Waals surface area contributed by atoms with Crippen LogP contribution in [0.15, 0.2) is 28.7 Å². The molecule has 1 N–H and O–H groups in total. The molecule has 0 saturated carbocycles. The van der Waals surface area contributed by atoms with E-state index in [1.165, 1.54) is 0 Å². The van der Waals surface area contributed by atoms with E-state index in [0.29, 0.717) is 23.6 Å². The predicted molar refractivity (Wildman–Crippen MR) is 79.6 cm³/mol. The average Bonchev–Trinajstić information content (AvgIpc) is 2.35. The normalized spacial score (nSPS) is 11.2. The Kier molecular flexibility index (Phi) is 4.20. The molecule has 0 amide bonds. The molecule has 3 nitrogen and oxygen atoms in total. The van der Waals surface area contributed by atoms with Crippen LogP contribution in [0.5, 0.6) is 0 Å². The summed E-state index contributed by atoms with van der Waals surface area (Å²) in [6.07, 6.45) is 1.64. The quantitative estimate of drug-likeness (QED) is 0.914. The minimum Gasteiger partial charge on any atom is -0.478 e. The van der Waals surface area contributed by atoms with Gasteiger partial charge < -0.3 is 5.11 Å². The van der Waals surface area contributed by atoms with Crippen molar-refractivity contribution in [2.45, 2.75) is 26.7 Å². The average molecular weight is 322 g/mol. The number of benzene rings is 1. The minimum absolute atomic E-state index is 0.311. The van der Waals surface area contributed by atoms with Gasteiger partial charge in [-0.15, -0.1) is 0 Å². The highest BCUT2D eigenvalue weighted by Crippen LogP contribution is 2.22. The molecular formula is C15H16BrNO2. The lowest BCUT2D eigenvalue weighted by Crippen LogP contribution is -2.06. The summed E-state index contributed by atoms with van der Waals surface area (Å²) in [5.41, 5.74) is 1.83. The Labute approximate surface area is 120 Å². The summed E-state index contributed by atoms with van der Waals surface area (Å²) in [5.74, 6) is -0.378. The first kappa shape index (κ1) is 14.0. The van der Waals surface area contributed by atoms with Gasteiger partial charge in [0.05, 0.1) is 16.8 Å². The van der Waals surface area contributed by atoms with Crippen molar-refractivity contribution in [2.24, 2.45) is 5.92 Å². The first-order chi connectivity index (χ1) is 8.97. The summed E-state index contributed by atoms with van der Waals surface area (Å²) in [6, 6.07) is 7.43. The number of hydrogen-bond donors (Lipinski definition) is 1. The molecule has 4 heteroatoms. The van der Waals surface area contributed by atoms with Gasteiger partial charge in [0.15, 0.2) is 0 Å². The highest BCUT2D eigenvalue weighted by molar-refractivity contribution is 9.10. The molecule has 0 aliphatic rings. The summed E-state index contributed by atoms with van der Waals surface area (Å²) in [5, 5.41) is 10.2. The Morgan fingerprint density at radius 1 is 1.37 bits per heavy atom. The smallest absolute Gasteiger partial charge is 0.337 e. The fraction of sp³-hybridized carbons (Fsp3) is 0.333. The van der Waals surface area contributed by atoms with E-state index in [4.69, 9.17) is 0 Å². The van der Waals surface area contributed by atoms with Gasteiger partial charge in [-0.3, -0.25) is 4.98 Å². The Bertz CT molecular complexity index is 623. The van der Waals surface area contributed by atoms with Crippen molar-refractivity contribution in [1.82, 2.24) is 4.98 Å². The highest BCUT2D eigenvalue weighted by atomic mass is 79.9. The molecule has 19 heavy (non-hydrogen) atoms. The number of nitrogens with zero attached hydrogens (tertiary/aromatic N) is 1. The number of aryl methyl sites for hydroxylation is 1. The minimum atomic E-state index is -0.909. The third-order valence-corrected chi connectivity index (χ3v) is 3.54. The zero-order valence-electron chi connectivity index (χ0n) is 11.0. The van der Waals surface area contributed by atoms with E-state index in [-0.39, 0.29) is 0 Å². The van der Waals surface area contributed by atoms with Gasteiger partial charge in [-0.2, -0.15) is 0 Å². The second kappa shape index (κ2) is 5.70. The van der Waals surface area contributed by atoms with Gasteiger partial charge in [-0.25, -0.2) is 4.79 Å². The predicted octanol–water partition coefficient (Wildman–Crippen LogP) is 4.28. The monoisotopic (exact) mass is 321 g/mol. The molecule has 0 spiro atoms. The zero-order chi connectivity index (χ0) is 14.0. The van der Waals surface area contributed by atoms with Crippen LogP contribution in [0.2, 0.25) is 0 Å². The lowest BCUT2D eigenvalue weighted by atomic mass is 10.0. The number of aromatic carboxylic acids is 1. The van der Waals surface area contributed by atoms with E-state index in [2.05, 4.69) is 34.8 Å². The molecule has 2 aromatic rings. The van der Waals surface area contributed by atoms with Gasteiger partial charge in [-0.1, -0.05) is 29.8 Å². The topological polar surface area (TPSA) is 50.2 Å². The summed E-state index contributed by atoms with van der Waals surface area (Å²) >= 11 is 3.39. The molecule has 1 heterocycles. The SMILES string of the molecule is CC(C)CCc1nc2ccc(Br)cc2cc1C(=O)O. The van der Waals surface area contributed by atoms with Crippen LogP contribution in [0, 0.1) is 5.92 Å². The van der Waals surface area contributed by atoms with Crippen LogP contribution in [0.25, 0.3) is 10.9 Å². The maximum Gasteiger partial charge on any atom is 0.337 e. The second-order valence-corrected chi connectivity index (χ2v) is 5.97. The van der Waals surface area contributed by atoms with E-state index in [0.717, 1.165) is 21.8 Å². The van der Waals surface area contributed by atoms with Crippen LogP contribution in [0.3, 0.4) is 0 Å². The molecule has 0 bridgehead atoms. The van der Waals surface area contributed by atoms with E-state index < -0.39 is 5.97 Å². The third-order valence-electron chi connectivity index (χ3n) is 3.04. The molecule has 0 atom stereocenters. The Hall–Kier alpha value is -1.42. The summed E-state index contributed by atoms with van der Waals surface area (Å²) in [7, 11) is 0. The van der Waals surface area contributed by atoms with Crippen LogP contribution in [-0.4, -0.2) is 16.1 Å². The molecule has 0 aliphatic carbocycles. The van der Waals surface area contributed by atoms with Gasteiger partial charge in [0.25, 0.3) is 0 Å². The van der Waals surface area contributed by atoms with Crippen LogP contribution in [0.1, 0.15) is 36.3 Å². The molecule has 0 radical (unpaired) electrons. The molecule has 0 saturated heterocycles. The van der Waals surface area contributed by atoms with Crippen molar-refractivity contribution in [2.75, 3.05) is 0 Å². The maximum atomic E-state index is 11.3. The Morgan fingerprint density at radius 3 is 2.74 bits per heavy atom. The van der Waals surface area contributed by atoms with Crippen molar-refractivity contribution >= 4 is 32.8 Å². The van der Waals surface area contributed by atoms with Gasteiger partial charge in [0, 0.05) is 9.86 Å². The van der Waals surface area contributed by atoms with Crippen molar-refractivity contribution in [3.8, 4) is 0 Å². The first-order valence-corrected chi connectivity index (χ1v) is 7.09. The van der Waals surface area contributed by atoms with Crippen LogP contribution in [0.4, 0.5) is 0 Å². The highest BCUT2D eigenvalue weighted by Gasteiger charge is 2.13. The van der Waals surface area contributed by atoms with Gasteiger partial charge in [0.2, 0.25) is 0 Å². The summed E-state index contributed by atoms with van der Waals surface area (Å²) < 4.78 is 0.924. The molecule has 1 aromatic carbocycles. The molecule has 0 unspecified atom stereocenters. The number of fused-ring (bicyclic) bond motifs is 1. The number of halogens is 1. The molecule has 1 aromatic heterocycles. The van der Waals surface area contributed by atoms with E-state index in [1.54, 1.807) is 6.07 Å². The standard InChI is InChI=1S/C15H16BrNO2/c1-9(2)3-5-14-12(15(18)19)8-10-7-11(16)4-6-13(10)17-14/h4,6-9H,3,5H2,1-2H3,(H,18,19). The largest absolute Gasteiger partial charge is 0.478 e. The van der Waals surface area contributed by atoms with Crippen molar-refractivity contribution in [3.63, 3.8) is 0 Å². The molecule has 100 valence electrons. The summed E-state index contributed by atoms with van der Waals surface area (Å²) in [4.78, 5) is 15.9. The first-order valence-electron chi connectivity index (χ1n) is 6.30. The van der Waals surface area contributed by atoms with Gasteiger partial charge in [0.1, 0.15) is 0 Å². The second-order valence-electron chi connectivity index (χ2n) is 5.06. The lowest BCUT2D eigenvalue weighted by molar-refractivity contribution is 0.0695. The van der Waals surface area contributed by atoms with E-state index in [9.17, 15) is 9.90 Å². The van der Waals surface area contributed by atoms with Crippen molar-refractivity contribution in [3.05, 3.63) is 40.0 Å².